The fourth-order valence-corrected chi connectivity index (χ4v) is 3.36. The molecule has 3 unspecified atom stereocenters. The van der Waals surface area contributed by atoms with Gasteiger partial charge in [-0.2, -0.15) is 0 Å². The van der Waals surface area contributed by atoms with Gasteiger partial charge in [0.2, 0.25) is 0 Å². The first-order chi connectivity index (χ1) is 7.92. The first kappa shape index (κ1) is 12.9. The van der Waals surface area contributed by atoms with Crippen LogP contribution in [-0.2, 0) is 4.79 Å². The Morgan fingerprint density at radius 3 is 2.53 bits per heavy atom. The number of carboxylic acids is 1. The van der Waals surface area contributed by atoms with Crippen molar-refractivity contribution < 1.29 is 9.90 Å². The van der Waals surface area contributed by atoms with Gasteiger partial charge in [-0.05, 0) is 43.4 Å². The molecule has 1 aliphatic heterocycles. The molecule has 0 amide bonds. The van der Waals surface area contributed by atoms with Crippen molar-refractivity contribution in [3.8, 4) is 0 Å². The molecule has 3 heteroatoms. The van der Waals surface area contributed by atoms with Gasteiger partial charge in [-0.3, -0.25) is 9.69 Å². The minimum absolute atomic E-state index is 0.108. The van der Waals surface area contributed by atoms with Gasteiger partial charge in [0.05, 0.1) is 6.42 Å². The molecule has 1 N–H and O–H groups in total. The standard InChI is InChI=1S/C14H25NO2/c1-10-6-11(2)12(3)15(8-10)9-14(4-5-14)7-13(16)17/h10-12H,4-9H2,1-3H3,(H,16,17). The molecule has 0 bridgehead atoms. The average Bonchev–Trinajstić information content (AvgIpc) is 2.92. The summed E-state index contributed by atoms with van der Waals surface area (Å²) in [6.07, 6.45) is 3.87. The second-order valence-corrected chi connectivity index (χ2v) is 6.56. The molecule has 2 rings (SSSR count). The monoisotopic (exact) mass is 239 g/mol. The first-order valence-electron chi connectivity index (χ1n) is 6.88. The largest absolute Gasteiger partial charge is 0.481 e. The first-order valence-corrected chi connectivity index (χ1v) is 6.88. The molecule has 0 aromatic heterocycles. The van der Waals surface area contributed by atoms with Crippen molar-refractivity contribution in [1.29, 1.82) is 0 Å². The van der Waals surface area contributed by atoms with E-state index in [-0.39, 0.29) is 5.41 Å². The van der Waals surface area contributed by atoms with Crippen LogP contribution in [0.3, 0.4) is 0 Å². The van der Waals surface area contributed by atoms with E-state index in [1.54, 1.807) is 0 Å². The Kier molecular flexibility index (Phi) is 3.48. The van der Waals surface area contributed by atoms with Gasteiger partial charge < -0.3 is 5.11 Å². The predicted octanol–water partition coefficient (Wildman–Crippen LogP) is 2.61. The molecule has 17 heavy (non-hydrogen) atoms. The Morgan fingerprint density at radius 1 is 1.35 bits per heavy atom. The molecule has 2 aliphatic rings. The van der Waals surface area contributed by atoms with Crippen LogP contribution in [0.4, 0.5) is 0 Å². The number of piperidine rings is 1. The highest BCUT2D eigenvalue weighted by Crippen LogP contribution is 2.50. The molecule has 0 spiro atoms. The Hall–Kier alpha value is -0.570. The fraction of sp³-hybridized carbons (Fsp3) is 0.929. The molecule has 3 atom stereocenters. The minimum atomic E-state index is -0.631. The van der Waals surface area contributed by atoms with E-state index in [0.29, 0.717) is 12.5 Å². The maximum absolute atomic E-state index is 10.9. The molecule has 1 saturated carbocycles. The molecule has 2 fully saturated rings. The zero-order chi connectivity index (χ0) is 12.6. The SMILES string of the molecule is CC1CC(C)C(C)N(CC2(CC(=O)O)CC2)C1. The topological polar surface area (TPSA) is 40.5 Å². The summed E-state index contributed by atoms with van der Waals surface area (Å²) in [7, 11) is 0. The Bertz CT molecular complexity index is 299. The number of carbonyl (C=O) groups is 1. The van der Waals surface area contributed by atoms with Crippen molar-refractivity contribution in [2.45, 2.75) is 52.5 Å². The van der Waals surface area contributed by atoms with E-state index in [1.807, 2.05) is 0 Å². The lowest BCUT2D eigenvalue weighted by Crippen LogP contribution is -2.48. The van der Waals surface area contributed by atoms with Crippen LogP contribution in [-0.4, -0.2) is 35.1 Å². The smallest absolute Gasteiger partial charge is 0.303 e. The van der Waals surface area contributed by atoms with Gasteiger partial charge in [-0.1, -0.05) is 13.8 Å². The maximum Gasteiger partial charge on any atom is 0.303 e. The third-order valence-electron chi connectivity index (χ3n) is 4.74. The molecule has 0 aromatic carbocycles. The zero-order valence-electron chi connectivity index (χ0n) is 11.3. The summed E-state index contributed by atoms with van der Waals surface area (Å²) >= 11 is 0. The van der Waals surface area contributed by atoms with E-state index < -0.39 is 5.97 Å². The number of aliphatic carboxylic acids is 1. The van der Waals surface area contributed by atoms with Gasteiger partial charge in [0.1, 0.15) is 0 Å². The van der Waals surface area contributed by atoms with Crippen molar-refractivity contribution in [3.63, 3.8) is 0 Å². The molecule has 98 valence electrons. The highest BCUT2D eigenvalue weighted by Gasteiger charge is 2.47. The van der Waals surface area contributed by atoms with E-state index in [2.05, 4.69) is 25.7 Å². The number of likely N-dealkylation sites (tertiary alicyclic amines) is 1. The number of hydrogen-bond acceptors (Lipinski definition) is 2. The number of rotatable bonds is 4. The van der Waals surface area contributed by atoms with Crippen molar-refractivity contribution >= 4 is 5.97 Å². The van der Waals surface area contributed by atoms with Crippen molar-refractivity contribution in [3.05, 3.63) is 0 Å². The van der Waals surface area contributed by atoms with Gasteiger partial charge in [0, 0.05) is 19.1 Å². The quantitative estimate of drug-likeness (QED) is 0.820. The van der Waals surface area contributed by atoms with Crippen LogP contribution in [0.1, 0.15) is 46.5 Å². The van der Waals surface area contributed by atoms with Crippen LogP contribution >= 0.6 is 0 Å². The summed E-state index contributed by atoms with van der Waals surface area (Å²) in [6, 6.07) is 0.609. The van der Waals surface area contributed by atoms with Crippen LogP contribution in [0.2, 0.25) is 0 Å². The lowest BCUT2D eigenvalue weighted by Gasteiger charge is -2.42. The van der Waals surface area contributed by atoms with E-state index in [9.17, 15) is 4.79 Å². The number of carboxylic acid groups (broad SMARTS) is 1. The number of nitrogens with zero attached hydrogens (tertiary/aromatic N) is 1. The van der Waals surface area contributed by atoms with E-state index >= 15 is 0 Å². The molecule has 1 saturated heterocycles. The van der Waals surface area contributed by atoms with Crippen LogP contribution in [0, 0.1) is 17.3 Å². The molecule has 1 aliphatic carbocycles. The summed E-state index contributed by atoms with van der Waals surface area (Å²) in [4.78, 5) is 13.4. The van der Waals surface area contributed by atoms with Crippen molar-refractivity contribution in [1.82, 2.24) is 4.90 Å². The zero-order valence-corrected chi connectivity index (χ0v) is 11.3. The van der Waals surface area contributed by atoms with Crippen molar-refractivity contribution in [2.24, 2.45) is 17.3 Å². The van der Waals surface area contributed by atoms with Gasteiger partial charge in [0.15, 0.2) is 0 Å². The summed E-state index contributed by atoms with van der Waals surface area (Å²) in [6.45, 7) is 9.08. The second-order valence-electron chi connectivity index (χ2n) is 6.56. The molecular weight excluding hydrogens is 214 g/mol. The molecule has 3 nitrogen and oxygen atoms in total. The highest BCUT2D eigenvalue weighted by molar-refractivity contribution is 5.68. The van der Waals surface area contributed by atoms with Crippen LogP contribution in [0.25, 0.3) is 0 Å². The van der Waals surface area contributed by atoms with E-state index in [4.69, 9.17) is 5.11 Å². The van der Waals surface area contributed by atoms with Crippen molar-refractivity contribution in [2.75, 3.05) is 13.1 Å². The summed E-state index contributed by atoms with van der Waals surface area (Å²) in [5.74, 6) is 0.856. The lowest BCUT2D eigenvalue weighted by molar-refractivity contribution is -0.138. The molecule has 0 radical (unpaired) electrons. The van der Waals surface area contributed by atoms with Crippen LogP contribution in [0.5, 0.6) is 0 Å². The fourth-order valence-electron chi connectivity index (χ4n) is 3.36. The predicted molar refractivity (Wildman–Crippen MR) is 67.9 cm³/mol. The lowest BCUT2D eigenvalue weighted by atomic mass is 9.85. The normalized spacial score (nSPS) is 36.8. The van der Waals surface area contributed by atoms with Crippen LogP contribution < -0.4 is 0 Å². The van der Waals surface area contributed by atoms with Gasteiger partial charge >= 0.3 is 5.97 Å². The maximum atomic E-state index is 10.9. The molecule has 0 aromatic rings. The van der Waals surface area contributed by atoms with Crippen LogP contribution in [0.15, 0.2) is 0 Å². The third kappa shape index (κ3) is 3.01. The summed E-state index contributed by atoms with van der Waals surface area (Å²) in [5.41, 5.74) is 0.108. The summed E-state index contributed by atoms with van der Waals surface area (Å²) < 4.78 is 0. The molecule has 1 heterocycles. The second kappa shape index (κ2) is 4.60. The van der Waals surface area contributed by atoms with Gasteiger partial charge in [-0.25, -0.2) is 0 Å². The Balaban J connectivity index is 1.95. The minimum Gasteiger partial charge on any atom is -0.481 e. The number of hydrogen-bond donors (Lipinski definition) is 1. The van der Waals surface area contributed by atoms with Gasteiger partial charge in [0.25, 0.3) is 0 Å². The average molecular weight is 239 g/mol. The molecular formula is C14H25NO2. The summed E-state index contributed by atoms with van der Waals surface area (Å²) in [5, 5.41) is 8.97. The Morgan fingerprint density at radius 2 is 2.00 bits per heavy atom. The highest BCUT2D eigenvalue weighted by atomic mass is 16.4. The third-order valence-corrected chi connectivity index (χ3v) is 4.74. The van der Waals surface area contributed by atoms with E-state index in [1.165, 1.54) is 6.42 Å². The van der Waals surface area contributed by atoms with Gasteiger partial charge in [-0.15, -0.1) is 0 Å². The Labute approximate surface area is 104 Å². The van der Waals surface area contributed by atoms with E-state index in [0.717, 1.165) is 37.8 Å².